The molecule has 0 fully saturated rings. The molecule has 1 N–H and O–H groups in total. The van der Waals surface area contributed by atoms with Crippen LogP contribution in [0, 0.1) is 0 Å². The van der Waals surface area contributed by atoms with E-state index in [0.29, 0.717) is 13.1 Å². The number of benzene rings is 1. The van der Waals surface area contributed by atoms with Gasteiger partial charge in [-0.3, -0.25) is 9.78 Å². The summed E-state index contributed by atoms with van der Waals surface area (Å²) >= 11 is 0. The fraction of sp³-hybridized carbons (Fsp3) is 0.316. The molecule has 1 aliphatic rings. The Labute approximate surface area is 147 Å². The van der Waals surface area contributed by atoms with Crippen LogP contribution >= 0.6 is 0 Å². The topological polar surface area (TPSA) is 65.5 Å². The van der Waals surface area contributed by atoms with Crippen molar-refractivity contribution in [2.75, 3.05) is 18.5 Å². The lowest BCUT2D eigenvalue weighted by atomic mass is 10.2. The minimum absolute atomic E-state index is 0.0874. The smallest absolute Gasteiger partial charge is 0.318 e. The van der Waals surface area contributed by atoms with E-state index >= 15 is 0 Å². The van der Waals surface area contributed by atoms with Gasteiger partial charge in [-0.25, -0.2) is 4.79 Å². The number of carbonyl (C=O) groups excluding carboxylic acids is 2. The number of aromatic nitrogens is 1. The molecular weight excluding hydrogens is 316 g/mol. The summed E-state index contributed by atoms with van der Waals surface area (Å²) in [5.74, 6) is -0.0874. The van der Waals surface area contributed by atoms with Crippen molar-refractivity contribution in [1.82, 2.24) is 15.2 Å². The molecule has 3 amide bonds. The van der Waals surface area contributed by atoms with Crippen molar-refractivity contribution in [2.45, 2.75) is 25.9 Å². The molecule has 0 saturated heterocycles. The van der Waals surface area contributed by atoms with E-state index in [2.05, 4.69) is 10.3 Å². The van der Waals surface area contributed by atoms with Gasteiger partial charge in [-0.2, -0.15) is 0 Å². The van der Waals surface area contributed by atoms with Crippen LogP contribution in [0.25, 0.3) is 0 Å². The number of nitrogens with zero attached hydrogens (tertiary/aromatic N) is 3. The standard InChI is InChI=1S/C19H22N4O2/c1-14(18(24)23-12-9-16-5-3-4-6-17(16)23)21-19(25)22(2)13-15-7-10-20-11-8-15/h3-8,10-11,14H,9,12-13H2,1-2H3,(H,21,25)/t14-/m1/s1. The molecule has 0 bridgehead atoms. The summed E-state index contributed by atoms with van der Waals surface area (Å²) in [5, 5.41) is 2.79. The van der Waals surface area contributed by atoms with Crippen LogP contribution in [-0.4, -0.2) is 41.5 Å². The first-order valence-electron chi connectivity index (χ1n) is 8.36. The molecule has 3 rings (SSSR count). The first-order chi connectivity index (χ1) is 12.1. The van der Waals surface area contributed by atoms with Crippen LogP contribution in [0.2, 0.25) is 0 Å². The number of para-hydroxylation sites is 1. The molecule has 0 spiro atoms. The largest absolute Gasteiger partial charge is 0.326 e. The molecule has 25 heavy (non-hydrogen) atoms. The maximum absolute atomic E-state index is 12.7. The van der Waals surface area contributed by atoms with Gasteiger partial charge in [-0.05, 0) is 42.7 Å². The lowest BCUT2D eigenvalue weighted by Crippen LogP contribution is -2.49. The summed E-state index contributed by atoms with van der Waals surface area (Å²) in [6, 6.07) is 10.8. The fourth-order valence-electron chi connectivity index (χ4n) is 2.99. The highest BCUT2D eigenvalue weighted by atomic mass is 16.2. The predicted octanol–water partition coefficient (Wildman–Crippen LogP) is 2.20. The first kappa shape index (κ1) is 17.0. The lowest BCUT2D eigenvalue weighted by molar-refractivity contribution is -0.119. The van der Waals surface area contributed by atoms with Crippen molar-refractivity contribution in [3.8, 4) is 0 Å². The van der Waals surface area contributed by atoms with E-state index in [1.807, 2.05) is 36.4 Å². The summed E-state index contributed by atoms with van der Waals surface area (Å²) in [5.41, 5.74) is 3.10. The normalized spacial score (nSPS) is 13.9. The van der Waals surface area contributed by atoms with E-state index < -0.39 is 6.04 Å². The Hall–Kier alpha value is -2.89. The van der Waals surface area contributed by atoms with Crippen LogP contribution < -0.4 is 10.2 Å². The molecule has 0 unspecified atom stereocenters. The number of pyridine rings is 1. The third-order valence-corrected chi connectivity index (χ3v) is 4.38. The Bertz CT molecular complexity index is 763. The zero-order valence-electron chi connectivity index (χ0n) is 14.5. The second-order valence-electron chi connectivity index (χ2n) is 6.25. The van der Waals surface area contributed by atoms with Crippen molar-refractivity contribution in [3.63, 3.8) is 0 Å². The number of amides is 3. The molecular formula is C19H22N4O2. The highest BCUT2D eigenvalue weighted by Crippen LogP contribution is 2.27. The van der Waals surface area contributed by atoms with Crippen molar-refractivity contribution < 1.29 is 9.59 Å². The van der Waals surface area contributed by atoms with Gasteiger partial charge in [0.25, 0.3) is 0 Å². The molecule has 1 aromatic heterocycles. The summed E-state index contributed by atoms with van der Waals surface area (Å²) in [6.45, 7) is 2.84. The Kier molecular flexibility index (Phi) is 4.97. The quantitative estimate of drug-likeness (QED) is 0.929. The molecule has 2 heterocycles. The van der Waals surface area contributed by atoms with Crippen molar-refractivity contribution in [1.29, 1.82) is 0 Å². The monoisotopic (exact) mass is 338 g/mol. The Morgan fingerprint density at radius 3 is 2.72 bits per heavy atom. The zero-order valence-corrected chi connectivity index (χ0v) is 14.5. The van der Waals surface area contributed by atoms with E-state index in [1.54, 1.807) is 36.2 Å². The van der Waals surface area contributed by atoms with Gasteiger partial charge < -0.3 is 15.1 Å². The minimum atomic E-state index is -0.585. The molecule has 0 aliphatic carbocycles. The predicted molar refractivity (Wildman–Crippen MR) is 96.2 cm³/mol. The molecule has 1 aliphatic heterocycles. The van der Waals surface area contributed by atoms with Crippen LogP contribution in [-0.2, 0) is 17.8 Å². The Morgan fingerprint density at radius 1 is 1.24 bits per heavy atom. The van der Waals surface area contributed by atoms with Crippen LogP contribution in [0.3, 0.4) is 0 Å². The second-order valence-corrected chi connectivity index (χ2v) is 6.25. The molecule has 6 heteroatoms. The Balaban J connectivity index is 1.59. The van der Waals surface area contributed by atoms with Gasteiger partial charge in [-0.15, -0.1) is 0 Å². The maximum atomic E-state index is 12.7. The number of fused-ring (bicyclic) bond motifs is 1. The second kappa shape index (κ2) is 7.34. The average molecular weight is 338 g/mol. The molecule has 2 aromatic rings. The Morgan fingerprint density at radius 2 is 1.96 bits per heavy atom. The summed E-state index contributed by atoms with van der Waals surface area (Å²) in [7, 11) is 1.71. The van der Waals surface area contributed by atoms with Gasteiger partial charge in [0, 0.05) is 38.2 Å². The number of hydrogen-bond acceptors (Lipinski definition) is 3. The van der Waals surface area contributed by atoms with Gasteiger partial charge in [0.1, 0.15) is 6.04 Å². The van der Waals surface area contributed by atoms with Crippen LogP contribution in [0.15, 0.2) is 48.8 Å². The average Bonchev–Trinajstić information content (AvgIpc) is 3.05. The van der Waals surface area contributed by atoms with E-state index in [9.17, 15) is 9.59 Å². The van der Waals surface area contributed by atoms with E-state index in [-0.39, 0.29) is 11.9 Å². The summed E-state index contributed by atoms with van der Waals surface area (Å²) < 4.78 is 0. The molecule has 0 radical (unpaired) electrons. The fourth-order valence-corrected chi connectivity index (χ4v) is 2.99. The van der Waals surface area contributed by atoms with Gasteiger partial charge in [0.2, 0.25) is 5.91 Å². The van der Waals surface area contributed by atoms with Crippen LogP contribution in [0.1, 0.15) is 18.1 Å². The number of rotatable bonds is 4. The summed E-state index contributed by atoms with van der Waals surface area (Å²) in [4.78, 5) is 32.3. The van der Waals surface area contributed by atoms with Crippen molar-refractivity contribution >= 4 is 17.6 Å². The molecule has 1 atom stereocenters. The highest BCUT2D eigenvalue weighted by Gasteiger charge is 2.28. The van der Waals surface area contributed by atoms with E-state index in [0.717, 1.165) is 17.7 Å². The highest BCUT2D eigenvalue weighted by molar-refractivity contribution is 6.00. The van der Waals surface area contributed by atoms with Gasteiger partial charge in [0.05, 0.1) is 0 Å². The number of anilines is 1. The number of urea groups is 1. The third-order valence-electron chi connectivity index (χ3n) is 4.38. The maximum Gasteiger partial charge on any atom is 0.318 e. The SMILES string of the molecule is C[C@@H](NC(=O)N(C)Cc1ccncc1)C(=O)N1CCc2ccccc21. The zero-order chi connectivity index (χ0) is 17.8. The van der Waals surface area contributed by atoms with Gasteiger partial charge in [-0.1, -0.05) is 18.2 Å². The first-order valence-corrected chi connectivity index (χ1v) is 8.36. The van der Waals surface area contributed by atoms with Crippen LogP contribution in [0.5, 0.6) is 0 Å². The molecule has 130 valence electrons. The summed E-state index contributed by atoms with van der Waals surface area (Å²) in [6.07, 6.45) is 4.24. The number of carbonyl (C=O) groups is 2. The minimum Gasteiger partial charge on any atom is -0.326 e. The number of nitrogens with one attached hydrogen (secondary N) is 1. The van der Waals surface area contributed by atoms with E-state index in [4.69, 9.17) is 0 Å². The van der Waals surface area contributed by atoms with Crippen LogP contribution in [0.4, 0.5) is 10.5 Å². The van der Waals surface area contributed by atoms with Gasteiger partial charge >= 0.3 is 6.03 Å². The van der Waals surface area contributed by atoms with Gasteiger partial charge in [0.15, 0.2) is 0 Å². The number of hydrogen-bond donors (Lipinski definition) is 1. The van der Waals surface area contributed by atoms with Crippen molar-refractivity contribution in [3.05, 3.63) is 59.9 Å². The van der Waals surface area contributed by atoms with Crippen molar-refractivity contribution in [2.24, 2.45) is 0 Å². The lowest BCUT2D eigenvalue weighted by Gasteiger charge is -2.25. The molecule has 1 aromatic carbocycles. The van der Waals surface area contributed by atoms with E-state index in [1.165, 1.54) is 5.56 Å². The molecule has 6 nitrogen and oxygen atoms in total. The third kappa shape index (κ3) is 3.79. The molecule has 0 saturated carbocycles.